The first-order valence-electron chi connectivity index (χ1n) is 4.83. The Kier molecular flexibility index (Phi) is 3.55. The number of nitriles is 1. The van der Waals surface area contributed by atoms with Gasteiger partial charge in [0.2, 0.25) is 0 Å². The molecule has 0 radical (unpaired) electrons. The summed E-state index contributed by atoms with van der Waals surface area (Å²) in [6.07, 6.45) is 1.22. The van der Waals surface area contributed by atoms with E-state index in [9.17, 15) is 0 Å². The number of rotatable bonds is 2. The highest BCUT2D eigenvalue weighted by Crippen LogP contribution is 2.25. The maximum atomic E-state index is 8.79. The third-order valence-corrected chi connectivity index (χ3v) is 4.21. The molecule has 1 aliphatic heterocycles. The minimum atomic E-state index is 0.579. The average molecular weight is 283 g/mol. The van der Waals surface area contributed by atoms with E-state index < -0.39 is 0 Å². The van der Waals surface area contributed by atoms with Crippen molar-refractivity contribution in [2.24, 2.45) is 0 Å². The van der Waals surface area contributed by atoms with Crippen LogP contribution in [0.25, 0.3) is 0 Å². The summed E-state index contributed by atoms with van der Waals surface area (Å²) in [5.41, 5.74) is 1.77. The number of anilines is 1. The molecule has 2 nitrogen and oxygen atoms in total. The van der Waals surface area contributed by atoms with Gasteiger partial charge in [-0.1, -0.05) is 0 Å². The summed E-state index contributed by atoms with van der Waals surface area (Å²) < 4.78 is 0.862. The van der Waals surface area contributed by atoms with Gasteiger partial charge in [0.15, 0.2) is 0 Å². The van der Waals surface area contributed by atoms with Crippen LogP contribution < -0.4 is 5.32 Å². The van der Waals surface area contributed by atoms with Crippen molar-refractivity contribution in [3.05, 3.63) is 28.2 Å². The molecule has 0 aromatic heterocycles. The van der Waals surface area contributed by atoms with Crippen molar-refractivity contribution in [1.82, 2.24) is 0 Å². The number of hydrogen-bond acceptors (Lipinski definition) is 3. The molecule has 78 valence electrons. The summed E-state index contributed by atoms with van der Waals surface area (Å²) in [7, 11) is 0. The summed E-state index contributed by atoms with van der Waals surface area (Å²) in [5, 5.41) is 12.3. The second kappa shape index (κ2) is 4.91. The molecule has 1 heterocycles. The van der Waals surface area contributed by atoms with Crippen molar-refractivity contribution >= 4 is 33.4 Å². The number of nitrogens with one attached hydrogen (secondary N) is 1. The molecule has 1 saturated heterocycles. The molecule has 1 N–H and O–H groups in total. The van der Waals surface area contributed by atoms with Crippen molar-refractivity contribution in [2.75, 3.05) is 16.8 Å². The zero-order valence-corrected chi connectivity index (χ0v) is 10.6. The first-order valence-corrected chi connectivity index (χ1v) is 6.78. The van der Waals surface area contributed by atoms with Gasteiger partial charge in [0.25, 0.3) is 0 Å². The van der Waals surface area contributed by atoms with Gasteiger partial charge >= 0.3 is 0 Å². The van der Waals surface area contributed by atoms with Crippen LogP contribution in [0.3, 0.4) is 0 Å². The molecule has 1 aromatic carbocycles. The largest absolute Gasteiger partial charge is 0.381 e. The van der Waals surface area contributed by atoms with E-state index in [1.165, 1.54) is 17.9 Å². The van der Waals surface area contributed by atoms with Gasteiger partial charge in [-0.05, 0) is 46.3 Å². The quantitative estimate of drug-likeness (QED) is 0.905. The standard InChI is InChI=1S/C11H11BrN2S/c12-11-5-9(2-1-8(11)6-13)14-10-3-4-15-7-10/h1-2,5,10,14H,3-4,7H2. The van der Waals surface area contributed by atoms with Crippen LogP contribution in [0.1, 0.15) is 12.0 Å². The fourth-order valence-corrected chi connectivity index (χ4v) is 3.20. The molecule has 1 unspecified atom stereocenters. The van der Waals surface area contributed by atoms with Gasteiger partial charge in [-0.25, -0.2) is 0 Å². The monoisotopic (exact) mass is 282 g/mol. The van der Waals surface area contributed by atoms with E-state index in [1.807, 2.05) is 30.0 Å². The van der Waals surface area contributed by atoms with Crippen LogP contribution >= 0.6 is 27.7 Å². The minimum Gasteiger partial charge on any atom is -0.381 e. The Hall–Kier alpha value is -0.660. The molecule has 4 heteroatoms. The van der Waals surface area contributed by atoms with Crippen molar-refractivity contribution < 1.29 is 0 Å². The van der Waals surface area contributed by atoms with Crippen LogP contribution in [0.15, 0.2) is 22.7 Å². The Bertz CT molecular complexity index is 394. The highest BCUT2D eigenvalue weighted by atomic mass is 79.9. The molecule has 0 saturated carbocycles. The molecular weight excluding hydrogens is 272 g/mol. The smallest absolute Gasteiger partial charge is 0.100 e. The normalized spacial score (nSPS) is 19.9. The predicted octanol–water partition coefficient (Wildman–Crippen LogP) is 3.24. The predicted molar refractivity (Wildman–Crippen MR) is 68.2 cm³/mol. The van der Waals surface area contributed by atoms with Crippen LogP contribution in [0, 0.1) is 11.3 Å². The van der Waals surface area contributed by atoms with E-state index in [-0.39, 0.29) is 0 Å². The summed E-state index contributed by atoms with van der Waals surface area (Å²) in [5.74, 6) is 2.42. The third-order valence-electron chi connectivity index (χ3n) is 2.39. The van der Waals surface area contributed by atoms with Crippen LogP contribution in [0.5, 0.6) is 0 Å². The molecule has 1 aliphatic rings. The van der Waals surface area contributed by atoms with Gasteiger partial charge in [0, 0.05) is 22.0 Å². The lowest BCUT2D eigenvalue weighted by Crippen LogP contribution is -2.17. The van der Waals surface area contributed by atoms with Crippen LogP contribution in [0.4, 0.5) is 5.69 Å². The summed E-state index contributed by atoms with van der Waals surface area (Å²) in [6.45, 7) is 0. The van der Waals surface area contributed by atoms with Gasteiger partial charge in [-0.2, -0.15) is 17.0 Å². The van der Waals surface area contributed by atoms with Crippen LogP contribution in [0.2, 0.25) is 0 Å². The molecule has 2 rings (SSSR count). The topological polar surface area (TPSA) is 35.8 Å². The Morgan fingerprint density at radius 1 is 1.53 bits per heavy atom. The van der Waals surface area contributed by atoms with E-state index in [0.29, 0.717) is 11.6 Å². The summed E-state index contributed by atoms with van der Waals surface area (Å²) in [6, 6.07) is 8.50. The zero-order valence-electron chi connectivity index (χ0n) is 8.16. The minimum absolute atomic E-state index is 0.579. The Balaban J connectivity index is 2.09. The second-order valence-electron chi connectivity index (χ2n) is 3.51. The lowest BCUT2D eigenvalue weighted by Gasteiger charge is -2.13. The zero-order chi connectivity index (χ0) is 10.7. The number of halogens is 1. The third kappa shape index (κ3) is 2.67. The molecule has 0 aliphatic carbocycles. The van der Waals surface area contributed by atoms with Gasteiger partial charge in [-0.3, -0.25) is 0 Å². The van der Waals surface area contributed by atoms with Crippen molar-refractivity contribution in [3.8, 4) is 6.07 Å². The molecule has 0 bridgehead atoms. The molecular formula is C11H11BrN2S. The highest BCUT2D eigenvalue weighted by Gasteiger charge is 2.15. The van der Waals surface area contributed by atoms with Crippen molar-refractivity contribution in [1.29, 1.82) is 5.26 Å². The van der Waals surface area contributed by atoms with Crippen LogP contribution in [-0.4, -0.2) is 17.5 Å². The van der Waals surface area contributed by atoms with Crippen molar-refractivity contribution in [3.63, 3.8) is 0 Å². The number of thioether (sulfide) groups is 1. The number of benzene rings is 1. The van der Waals surface area contributed by atoms with E-state index in [4.69, 9.17) is 5.26 Å². The SMILES string of the molecule is N#Cc1ccc(NC2CCSC2)cc1Br. The van der Waals surface area contributed by atoms with E-state index in [0.717, 1.165) is 10.2 Å². The first kappa shape index (κ1) is 10.8. The lowest BCUT2D eigenvalue weighted by atomic mass is 10.2. The maximum absolute atomic E-state index is 8.79. The summed E-state index contributed by atoms with van der Waals surface area (Å²) >= 11 is 5.38. The number of hydrogen-bond donors (Lipinski definition) is 1. The van der Waals surface area contributed by atoms with Gasteiger partial charge in [0.05, 0.1) is 5.56 Å². The Labute approximate surface area is 102 Å². The van der Waals surface area contributed by atoms with Gasteiger partial charge < -0.3 is 5.32 Å². The highest BCUT2D eigenvalue weighted by molar-refractivity contribution is 9.10. The molecule has 1 fully saturated rings. The molecule has 15 heavy (non-hydrogen) atoms. The lowest BCUT2D eigenvalue weighted by molar-refractivity contribution is 0.813. The molecule has 1 aromatic rings. The fourth-order valence-electron chi connectivity index (χ4n) is 1.58. The molecule has 0 spiro atoms. The molecule has 1 atom stereocenters. The van der Waals surface area contributed by atoms with E-state index in [1.54, 1.807) is 0 Å². The van der Waals surface area contributed by atoms with Crippen LogP contribution in [-0.2, 0) is 0 Å². The Morgan fingerprint density at radius 2 is 2.40 bits per heavy atom. The van der Waals surface area contributed by atoms with E-state index in [2.05, 4.69) is 27.3 Å². The Morgan fingerprint density at radius 3 is 3.00 bits per heavy atom. The summed E-state index contributed by atoms with van der Waals surface area (Å²) in [4.78, 5) is 0. The molecule has 0 amide bonds. The first-order chi connectivity index (χ1) is 7.29. The maximum Gasteiger partial charge on any atom is 0.100 e. The van der Waals surface area contributed by atoms with Crippen molar-refractivity contribution in [2.45, 2.75) is 12.5 Å². The fraction of sp³-hybridized carbons (Fsp3) is 0.364. The second-order valence-corrected chi connectivity index (χ2v) is 5.52. The average Bonchev–Trinajstić information content (AvgIpc) is 2.71. The number of nitrogens with zero attached hydrogens (tertiary/aromatic N) is 1. The van der Waals surface area contributed by atoms with Gasteiger partial charge in [0.1, 0.15) is 6.07 Å². The van der Waals surface area contributed by atoms with Gasteiger partial charge in [-0.15, -0.1) is 0 Å². The van der Waals surface area contributed by atoms with E-state index >= 15 is 0 Å².